The number of nitrogens with zero attached hydrogens (tertiary/aromatic N) is 1. The van der Waals surface area contributed by atoms with E-state index in [0.717, 1.165) is 4.90 Å². The number of amides is 1. The second-order valence-corrected chi connectivity index (χ2v) is 4.84. The number of fused-ring (bicyclic) bond motifs is 1. The van der Waals surface area contributed by atoms with Crippen molar-refractivity contribution in [3.63, 3.8) is 0 Å². The van der Waals surface area contributed by atoms with Gasteiger partial charge >= 0.3 is 6.18 Å². The molecule has 1 aromatic carbocycles. The molecule has 0 bridgehead atoms. The fraction of sp³-hybridized carbons (Fsp3) is 0.462. The quantitative estimate of drug-likeness (QED) is 0.930. The average Bonchev–Trinajstić information content (AvgIpc) is 2.27. The minimum atomic E-state index is -4.37. The number of ether oxygens (including phenoxy) is 1. The van der Waals surface area contributed by atoms with Crippen LogP contribution in [-0.2, 0) is 4.79 Å². The van der Waals surface area contributed by atoms with Gasteiger partial charge in [-0.05, 0) is 26.0 Å². The largest absolute Gasteiger partial charge is 0.489 e. The van der Waals surface area contributed by atoms with Crippen LogP contribution >= 0.6 is 0 Å². The van der Waals surface area contributed by atoms with Crippen LogP contribution in [0.1, 0.15) is 13.8 Å². The maximum atomic E-state index is 12.6. The molecule has 4 nitrogen and oxygen atoms in total. The first-order chi connectivity index (χ1) is 9.26. The molecule has 0 aromatic heterocycles. The first-order valence-electron chi connectivity index (χ1n) is 6.17. The molecule has 110 valence electrons. The molecule has 1 aliphatic rings. The van der Waals surface area contributed by atoms with Gasteiger partial charge in [0.15, 0.2) is 0 Å². The Kier molecular flexibility index (Phi) is 3.78. The molecule has 1 aliphatic heterocycles. The summed E-state index contributed by atoms with van der Waals surface area (Å²) in [5.74, 6) is -0.112. The van der Waals surface area contributed by atoms with Gasteiger partial charge in [-0.3, -0.25) is 4.79 Å². The van der Waals surface area contributed by atoms with Crippen LogP contribution in [0.2, 0.25) is 0 Å². The number of para-hydroxylation sites is 1. The van der Waals surface area contributed by atoms with Crippen molar-refractivity contribution in [1.29, 1.82) is 0 Å². The van der Waals surface area contributed by atoms with E-state index in [1.807, 2.05) is 0 Å². The first-order valence-corrected chi connectivity index (χ1v) is 6.17. The van der Waals surface area contributed by atoms with Gasteiger partial charge in [0.1, 0.15) is 18.0 Å². The zero-order chi connectivity index (χ0) is 14.9. The number of carbonyl (C=O) groups excluding carboxylic acids is 1. The lowest BCUT2D eigenvalue weighted by Crippen LogP contribution is -2.43. The van der Waals surface area contributed by atoms with Crippen LogP contribution in [0.15, 0.2) is 18.2 Å². The van der Waals surface area contributed by atoms with Gasteiger partial charge in [0.25, 0.3) is 0 Å². The molecule has 0 radical (unpaired) electrons. The van der Waals surface area contributed by atoms with E-state index in [1.54, 1.807) is 26.0 Å². The van der Waals surface area contributed by atoms with Crippen molar-refractivity contribution < 1.29 is 22.7 Å². The van der Waals surface area contributed by atoms with Crippen molar-refractivity contribution in [3.05, 3.63) is 18.2 Å². The molecule has 0 unspecified atom stereocenters. The second-order valence-electron chi connectivity index (χ2n) is 4.84. The van der Waals surface area contributed by atoms with E-state index < -0.39 is 18.6 Å². The van der Waals surface area contributed by atoms with Crippen molar-refractivity contribution in [2.75, 3.05) is 23.3 Å². The van der Waals surface area contributed by atoms with Crippen molar-refractivity contribution in [1.82, 2.24) is 0 Å². The molecule has 0 saturated heterocycles. The highest BCUT2D eigenvalue weighted by Crippen LogP contribution is 2.39. The zero-order valence-corrected chi connectivity index (χ0v) is 11.1. The third kappa shape index (κ3) is 3.34. The number of halogens is 3. The SMILES string of the molecule is CC(C)Oc1cccc2c1NC(=O)CN2CC(F)(F)F. The molecule has 1 N–H and O–H groups in total. The van der Waals surface area contributed by atoms with E-state index in [-0.39, 0.29) is 12.6 Å². The summed E-state index contributed by atoms with van der Waals surface area (Å²) in [5.41, 5.74) is 0.613. The molecule has 1 amide bonds. The number of nitrogens with one attached hydrogen (secondary N) is 1. The highest BCUT2D eigenvalue weighted by Gasteiger charge is 2.35. The van der Waals surface area contributed by atoms with Crippen molar-refractivity contribution in [3.8, 4) is 5.75 Å². The highest BCUT2D eigenvalue weighted by molar-refractivity contribution is 6.03. The summed E-state index contributed by atoms with van der Waals surface area (Å²) < 4.78 is 43.2. The predicted molar refractivity (Wildman–Crippen MR) is 69.1 cm³/mol. The van der Waals surface area contributed by atoms with Gasteiger partial charge in [-0.15, -0.1) is 0 Å². The van der Waals surface area contributed by atoms with E-state index in [1.165, 1.54) is 6.07 Å². The Balaban J connectivity index is 2.37. The van der Waals surface area contributed by atoms with Crippen LogP contribution in [0.3, 0.4) is 0 Å². The average molecular weight is 288 g/mol. The zero-order valence-electron chi connectivity index (χ0n) is 11.1. The Hall–Kier alpha value is -1.92. The number of hydrogen-bond acceptors (Lipinski definition) is 3. The van der Waals surface area contributed by atoms with Gasteiger partial charge in [0.05, 0.1) is 18.3 Å². The fourth-order valence-corrected chi connectivity index (χ4v) is 2.06. The molecule has 0 aliphatic carbocycles. The summed E-state index contributed by atoms with van der Waals surface area (Å²) in [6.07, 6.45) is -4.51. The topological polar surface area (TPSA) is 41.6 Å². The van der Waals surface area contributed by atoms with Gasteiger partial charge < -0.3 is 15.0 Å². The molecule has 0 spiro atoms. The van der Waals surface area contributed by atoms with E-state index >= 15 is 0 Å². The fourth-order valence-electron chi connectivity index (χ4n) is 2.06. The minimum absolute atomic E-state index is 0.142. The second kappa shape index (κ2) is 5.22. The number of carbonyl (C=O) groups is 1. The molecular formula is C13H15F3N2O2. The van der Waals surface area contributed by atoms with E-state index in [9.17, 15) is 18.0 Å². The third-order valence-electron chi connectivity index (χ3n) is 2.68. The number of hydrogen-bond donors (Lipinski definition) is 1. The standard InChI is InChI=1S/C13H15F3N2O2/c1-8(2)20-10-5-3-4-9-12(10)17-11(19)6-18(9)7-13(14,15)16/h3-5,8H,6-7H2,1-2H3,(H,17,19). The normalized spacial score (nSPS) is 15.1. The Morgan fingerprint density at radius 3 is 2.70 bits per heavy atom. The molecule has 20 heavy (non-hydrogen) atoms. The van der Waals surface area contributed by atoms with E-state index in [2.05, 4.69) is 5.32 Å². The van der Waals surface area contributed by atoms with Crippen molar-refractivity contribution >= 4 is 17.3 Å². The van der Waals surface area contributed by atoms with E-state index in [4.69, 9.17) is 4.74 Å². The summed E-state index contributed by atoms with van der Waals surface area (Å²) in [7, 11) is 0. The van der Waals surface area contributed by atoms with Gasteiger partial charge in [-0.2, -0.15) is 13.2 Å². The molecule has 0 fully saturated rings. The van der Waals surface area contributed by atoms with Gasteiger partial charge in [0.2, 0.25) is 5.91 Å². The lowest BCUT2D eigenvalue weighted by atomic mass is 10.1. The van der Waals surface area contributed by atoms with Crippen LogP contribution in [0.4, 0.5) is 24.5 Å². The van der Waals surface area contributed by atoms with Crippen LogP contribution in [0.5, 0.6) is 5.75 Å². The summed E-state index contributed by atoms with van der Waals surface area (Å²) in [6.45, 7) is 2.12. The van der Waals surface area contributed by atoms with Gasteiger partial charge in [0, 0.05) is 0 Å². The van der Waals surface area contributed by atoms with Crippen LogP contribution < -0.4 is 15.0 Å². The number of benzene rings is 1. The first kappa shape index (κ1) is 14.5. The Morgan fingerprint density at radius 1 is 1.40 bits per heavy atom. The lowest BCUT2D eigenvalue weighted by Gasteiger charge is -2.32. The van der Waals surface area contributed by atoms with Crippen molar-refractivity contribution in [2.45, 2.75) is 26.1 Å². The van der Waals surface area contributed by atoms with E-state index in [0.29, 0.717) is 17.1 Å². The maximum absolute atomic E-state index is 12.6. The summed E-state index contributed by atoms with van der Waals surface area (Å²) in [5, 5.41) is 2.58. The Bertz CT molecular complexity index is 515. The predicted octanol–water partition coefficient (Wildman–Crippen LogP) is 2.79. The monoisotopic (exact) mass is 288 g/mol. The molecular weight excluding hydrogens is 273 g/mol. The maximum Gasteiger partial charge on any atom is 0.405 e. The molecule has 1 heterocycles. The smallest absolute Gasteiger partial charge is 0.405 e. The van der Waals surface area contributed by atoms with Gasteiger partial charge in [-0.25, -0.2) is 0 Å². The van der Waals surface area contributed by atoms with Crippen LogP contribution in [0, 0.1) is 0 Å². The van der Waals surface area contributed by atoms with Crippen LogP contribution in [-0.4, -0.2) is 31.3 Å². The molecule has 1 aromatic rings. The molecule has 7 heteroatoms. The van der Waals surface area contributed by atoms with Crippen LogP contribution in [0.25, 0.3) is 0 Å². The number of rotatable bonds is 3. The molecule has 0 saturated carbocycles. The molecule has 0 atom stereocenters. The Labute approximate surface area is 114 Å². The third-order valence-corrected chi connectivity index (χ3v) is 2.68. The lowest BCUT2D eigenvalue weighted by molar-refractivity contribution is -0.122. The number of anilines is 2. The van der Waals surface area contributed by atoms with Crippen molar-refractivity contribution in [2.24, 2.45) is 0 Å². The Morgan fingerprint density at radius 2 is 2.10 bits per heavy atom. The van der Waals surface area contributed by atoms with Gasteiger partial charge in [-0.1, -0.05) is 6.07 Å². The molecule has 2 rings (SSSR count). The summed E-state index contributed by atoms with van der Waals surface area (Å²) >= 11 is 0. The number of alkyl halides is 3. The highest BCUT2D eigenvalue weighted by atomic mass is 19.4. The summed E-state index contributed by atoms with van der Waals surface area (Å²) in [6, 6.07) is 4.77. The summed E-state index contributed by atoms with van der Waals surface area (Å²) in [4.78, 5) is 12.6. The minimum Gasteiger partial charge on any atom is -0.489 e.